The van der Waals surface area contributed by atoms with Crippen molar-refractivity contribution < 1.29 is 9.53 Å². The average molecular weight is 244 g/mol. The quantitative estimate of drug-likeness (QED) is 0.758. The van der Waals surface area contributed by atoms with E-state index in [1.807, 2.05) is 32.0 Å². The molecule has 1 atom stereocenters. The smallest absolute Gasteiger partial charge is 0.258 e. The fraction of sp³-hybridized carbons (Fsp3) is 0.429. The van der Waals surface area contributed by atoms with E-state index in [4.69, 9.17) is 4.74 Å². The van der Waals surface area contributed by atoms with Crippen LogP contribution in [0.3, 0.4) is 0 Å². The Morgan fingerprint density at radius 2 is 2.22 bits per heavy atom. The summed E-state index contributed by atoms with van der Waals surface area (Å²) in [6.07, 6.45) is 0.762. The summed E-state index contributed by atoms with van der Waals surface area (Å²) in [6.45, 7) is 5.16. The van der Waals surface area contributed by atoms with Gasteiger partial charge in [0.1, 0.15) is 5.92 Å². The monoisotopic (exact) mass is 244 g/mol. The summed E-state index contributed by atoms with van der Waals surface area (Å²) in [4.78, 5) is 12.3. The summed E-state index contributed by atoms with van der Waals surface area (Å²) in [7, 11) is 0. The number of benzene rings is 1. The van der Waals surface area contributed by atoms with Crippen LogP contribution in [0.15, 0.2) is 23.3 Å². The van der Waals surface area contributed by atoms with Crippen molar-refractivity contribution in [2.75, 3.05) is 18.2 Å². The van der Waals surface area contributed by atoms with E-state index in [1.165, 1.54) is 0 Å². The van der Waals surface area contributed by atoms with E-state index < -0.39 is 0 Å². The maximum absolute atomic E-state index is 12.3. The van der Waals surface area contributed by atoms with Gasteiger partial charge in [-0.2, -0.15) is 10.1 Å². The van der Waals surface area contributed by atoms with Crippen molar-refractivity contribution in [2.24, 2.45) is 11.0 Å². The van der Waals surface area contributed by atoms with E-state index >= 15 is 0 Å². The van der Waals surface area contributed by atoms with Crippen molar-refractivity contribution in [3.05, 3.63) is 29.3 Å². The molecule has 0 aliphatic carbocycles. The summed E-state index contributed by atoms with van der Waals surface area (Å²) < 4.78 is 5.36. The van der Waals surface area contributed by atoms with Crippen molar-refractivity contribution in [3.8, 4) is 0 Å². The number of aryl methyl sites for hydroxylation is 2. The van der Waals surface area contributed by atoms with Gasteiger partial charge in [-0.1, -0.05) is 12.1 Å². The molecule has 2 aliphatic heterocycles. The molecule has 1 unspecified atom stereocenters. The molecule has 2 heterocycles. The number of hydrazone groups is 1. The van der Waals surface area contributed by atoms with Crippen molar-refractivity contribution >= 4 is 17.3 Å². The van der Waals surface area contributed by atoms with Gasteiger partial charge in [-0.3, -0.25) is 4.79 Å². The second-order valence-electron chi connectivity index (χ2n) is 4.91. The fourth-order valence-electron chi connectivity index (χ4n) is 2.43. The van der Waals surface area contributed by atoms with Gasteiger partial charge in [0.15, 0.2) is 0 Å². The van der Waals surface area contributed by atoms with E-state index in [2.05, 4.69) is 5.10 Å². The van der Waals surface area contributed by atoms with Crippen molar-refractivity contribution in [1.29, 1.82) is 0 Å². The van der Waals surface area contributed by atoms with Gasteiger partial charge in [0, 0.05) is 6.42 Å². The van der Waals surface area contributed by atoms with Gasteiger partial charge < -0.3 is 4.74 Å². The number of nitrogens with zero attached hydrogens (tertiary/aromatic N) is 2. The standard InChI is InChI=1S/C14H16N2O2/c1-9-3-4-10(2)13(7-9)16-14(17)11-8-18-6-5-12(11)15-16/h3-4,7,11H,5-6,8H2,1-2H3. The third kappa shape index (κ3) is 1.73. The molecule has 0 aromatic heterocycles. The Kier molecular flexibility index (Phi) is 2.67. The van der Waals surface area contributed by atoms with Crippen LogP contribution in [0, 0.1) is 19.8 Å². The van der Waals surface area contributed by atoms with Gasteiger partial charge in [-0.25, -0.2) is 0 Å². The molecule has 1 aromatic rings. The number of anilines is 1. The van der Waals surface area contributed by atoms with Crippen LogP contribution in [0.5, 0.6) is 0 Å². The largest absolute Gasteiger partial charge is 0.380 e. The predicted octanol–water partition coefficient (Wildman–Crippen LogP) is 2.04. The molecule has 0 saturated carbocycles. The summed E-state index contributed by atoms with van der Waals surface area (Å²) in [5.74, 6) is -0.128. The highest BCUT2D eigenvalue weighted by Gasteiger charge is 2.38. The van der Waals surface area contributed by atoms with Crippen LogP contribution < -0.4 is 5.01 Å². The summed E-state index contributed by atoms with van der Waals surface area (Å²) in [5, 5.41) is 6.04. The second kappa shape index (κ2) is 4.21. The number of fused-ring (bicyclic) bond motifs is 1. The second-order valence-corrected chi connectivity index (χ2v) is 4.91. The summed E-state index contributed by atoms with van der Waals surface area (Å²) in [6, 6.07) is 6.08. The molecule has 0 bridgehead atoms. The molecule has 1 aromatic carbocycles. The Morgan fingerprint density at radius 3 is 3.00 bits per heavy atom. The molecule has 4 nitrogen and oxygen atoms in total. The lowest BCUT2D eigenvalue weighted by molar-refractivity contribution is -0.121. The highest BCUT2D eigenvalue weighted by Crippen LogP contribution is 2.30. The molecule has 2 aliphatic rings. The average Bonchev–Trinajstić information content (AvgIpc) is 2.71. The van der Waals surface area contributed by atoms with Gasteiger partial charge in [-0.05, 0) is 31.0 Å². The van der Waals surface area contributed by atoms with Crippen LogP contribution in [0.25, 0.3) is 0 Å². The third-order valence-electron chi connectivity index (χ3n) is 3.52. The highest BCUT2D eigenvalue weighted by atomic mass is 16.5. The van der Waals surface area contributed by atoms with E-state index in [9.17, 15) is 4.79 Å². The Labute approximate surface area is 106 Å². The van der Waals surface area contributed by atoms with Crippen molar-refractivity contribution in [2.45, 2.75) is 20.3 Å². The van der Waals surface area contributed by atoms with Crippen LogP contribution in [-0.2, 0) is 9.53 Å². The number of rotatable bonds is 1. The molecule has 1 fully saturated rings. The summed E-state index contributed by atoms with van der Waals surface area (Å²) >= 11 is 0. The van der Waals surface area contributed by atoms with Crippen molar-refractivity contribution in [1.82, 2.24) is 0 Å². The molecule has 3 rings (SSSR count). The molecule has 94 valence electrons. The number of hydrogen-bond acceptors (Lipinski definition) is 3. The minimum atomic E-state index is -0.168. The maximum atomic E-state index is 12.3. The molecule has 0 radical (unpaired) electrons. The SMILES string of the molecule is Cc1ccc(C)c(N2N=C3CCOCC3C2=O)c1. The zero-order valence-corrected chi connectivity index (χ0v) is 10.6. The molecule has 0 spiro atoms. The zero-order valence-electron chi connectivity index (χ0n) is 10.6. The zero-order chi connectivity index (χ0) is 12.7. The fourth-order valence-corrected chi connectivity index (χ4v) is 2.43. The van der Waals surface area contributed by atoms with Crippen LogP contribution >= 0.6 is 0 Å². The van der Waals surface area contributed by atoms with E-state index in [0.717, 1.165) is 28.9 Å². The molecular formula is C14H16N2O2. The minimum absolute atomic E-state index is 0.0402. The lowest BCUT2D eigenvalue weighted by atomic mass is 10.00. The van der Waals surface area contributed by atoms with Crippen molar-refractivity contribution in [3.63, 3.8) is 0 Å². The normalized spacial score (nSPS) is 23.0. The van der Waals surface area contributed by atoms with E-state index in [-0.39, 0.29) is 11.8 Å². The molecule has 1 amide bonds. The van der Waals surface area contributed by atoms with E-state index in [1.54, 1.807) is 5.01 Å². The predicted molar refractivity (Wildman–Crippen MR) is 69.8 cm³/mol. The van der Waals surface area contributed by atoms with Gasteiger partial charge in [0.25, 0.3) is 5.91 Å². The Morgan fingerprint density at radius 1 is 1.39 bits per heavy atom. The van der Waals surface area contributed by atoms with Crippen LogP contribution in [-0.4, -0.2) is 24.8 Å². The minimum Gasteiger partial charge on any atom is -0.380 e. The number of carbonyl (C=O) groups excluding carboxylic acids is 1. The van der Waals surface area contributed by atoms with Gasteiger partial charge in [0.05, 0.1) is 24.6 Å². The number of ether oxygens (including phenoxy) is 1. The first-order valence-corrected chi connectivity index (χ1v) is 6.23. The lowest BCUT2D eigenvalue weighted by Crippen LogP contribution is -2.34. The van der Waals surface area contributed by atoms with Crippen LogP contribution in [0.1, 0.15) is 17.5 Å². The molecule has 0 N–H and O–H groups in total. The maximum Gasteiger partial charge on any atom is 0.258 e. The summed E-state index contributed by atoms with van der Waals surface area (Å²) in [5.41, 5.74) is 4.06. The van der Waals surface area contributed by atoms with Gasteiger partial charge >= 0.3 is 0 Å². The number of amides is 1. The molecule has 4 heteroatoms. The first-order valence-electron chi connectivity index (χ1n) is 6.23. The molecule has 18 heavy (non-hydrogen) atoms. The van der Waals surface area contributed by atoms with Crippen LogP contribution in [0.4, 0.5) is 5.69 Å². The third-order valence-corrected chi connectivity index (χ3v) is 3.52. The topological polar surface area (TPSA) is 41.9 Å². The molecular weight excluding hydrogens is 228 g/mol. The Bertz CT molecular complexity index is 537. The number of hydrogen-bond donors (Lipinski definition) is 0. The number of carbonyl (C=O) groups is 1. The highest BCUT2D eigenvalue weighted by molar-refractivity contribution is 6.16. The van der Waals surface area contributed by atoms with Gasteiger partial charge in [-0.15, -0.1) is 0 Å². The lowest BCUT2D eigenvalue weighted by Gasteiger charge is -2.18. The van der Waals surface area contributed by atoms with Crippen LogP contribution in [0.2, 0.25) is 0 Å². The molecule has 1 saturated heterocycles. The first-order chi connectivity index (χ1) is 8.66. The first kappa shape index (κ1) is 11.4. The Balaban J connectivity index is 2.00. The Hall–Kier alpha value is -1.68. The van der Waals surface area contributed by atoms with E-state index in [0.29, 0.717) is 13.2 Å². The van der Waals surface area contributed by atoms with Gasteiger partial charge in [0.2, 0.25) is 0 Å².